The van der Waals surface area contributed by atoms with Crippen molar-refractivity contribution in [3.05, 3.63) is 88.2 Å². The van der Waals surface area contributed by atoms with Crippen molar-refractivity contribution in [2.75, 3.05) is 11.9 Å². The molecule has 0 spiro atoms. The third kappa shape index (κ3) is 5.40. The van der Waals surface area contributed by atoms with Crippen LogP contribution in [0.5, 0.6) is 11.5 Å². The van der Waals surface area contributed by atoms with Gasteiger partial charge in [-0.1, -0.05) is 47.5 Å². The summed E-state index contributed by atoms with van der Waals surface area (Å²) in [5.74, 6) is 0.975. The molecule has 28 heavy (non-hydrogen) atoms. The van der Waals surface area contributed by atoms with Gasteiger partial charge in [-0.15, -0.1) is 0 Å². The molecular formula is C23H23ClFNO2. The van der Waals surface area contributed by atoms with E-state index in [2.05, 4.69) is 36.5 Å². The van der Waals surface area contributed by atoms with Crippen LogP contribution in [0.3, 0.4) is 0 Å². The maximum Gasteiger partial charge on any atom is 0.161 e. The standard InChI is InChI=1S/C23H23ClFNO2/c1-3-27-23-12-18(14-26-19-9-10-21(25)20(24)13-19)8-11-22(23)28-15-17-6-4-16(2)5-7-17/h4-13,26H,3,14-15H2,1-2H3. The highest BCUT2D eigenvalue weighted by molar-refractivity contribution is 6.31. The highest BCUT2D eigenvalue weighted by Gasteiger charge is 2.08. The van der Waals surface area contributed by atoms with E-state index in [1.165, 1.54) is 11.6 Å². The van der Waals surface area contributed by atoms with Gasteiger partial charge in [0.15, 0.2) is 11.5 Å². The van der Waals surface area contributed by atoms with E-state index in [0.29, 0.717) is 31.3 Å². The third-order valence-electron chi connectivity index (χ3n) is 4.24. The average Bonchev–Trinajstić information content (AvgIpc) is 2.69. The normalized spacial score (nSPS) is 10.6. The van der Waals surface area contributed by atoms with Crippen LogP contribution in [0, 0.1) is 12.7 Å². The summed E-state index contributed by atoms with van der Waals surface area (Å²) in [6, 6.07) is 18.7. The summed E-state index contributed by atoms with van der Waals surface area (Å²) >= 11 is 5.83. The minimum absolute atomic E-state index is 0.0971. The van der Waals surface area contributed by atoms with Gasteiger partial charge in [-0.3, -0.25) is 0 Å². The summed E-state index contributed by atoms with van der Waals surface area (Å²) in [6.45, 7) is 5.58. The van der Waals surface area contributed by atoms with E-state index in [-0.39, 0.29) is 5.02 Å². The van der Waals surface area contributed by atoms with Crippen molar-refractivity contribution in [2.45, 2.75) is 27.0 Å². The molecule has 0 aliphatic heterocycles. The maximum atomic E-state index is 13.3. The molecule has 5 heteroatoms. The second kappa shape index (κ2) is 9.47. The number of hydrogen-bond donors (Lipinski definition) is 1. The fourth-order valence-electron chi connectivity index (χ4n) is 2.71. The number of hydrogen-bond acceptors (Lipinski definition) is 3. The SMILES string of the molecule is CCOc1cc(CNc2ccc(F)c(Cl)c2)ccc1OCc1ccc(C)cc1. The number of nitrogens with one attached hydrogen (secondary N) is 1. The summed E-state index contributed by atoms with van der Waals surface area (Å²) in [7, 11) is 0. The molecule has 0 radical (unpaired) electrons. The van der Waals surface area contributed by atoms with Crippen molar-refractivity contribution < 1.29 is 13.9 Å². The van der Waals surface area contributed by atoms with Gasteiger partial charge in [-0.05, 0) is 55.3 Å². The molecule has 0 unspecified atom stereocenters. The zero-order chi connectivity index (χ0) is 19.9. The van der Waals surface area contributed by atoms with Gasteiger partial charge in [0, 0.05) is 12.2 Å². The van der Waals surface area contributed by atoms with Gasteiger partial charge in [0.05, 0.1) is 11.6 Å². The third-order valence-corrected chi connectivity index (χ3v) is 4.53. The molecule has 3 rings (SSSR count). The van der Waals surface area contributed by atoms with Crippen LogP contribution in [-0.4, -0.2) is 6.61 Å². The zero-order valence-corrected chi connectivity index (χ0v) is 16.7. The van der Waals surface area contributed by atoms with Crippen LogP contribution >= 0.6 is 11.6 Å². The first kappa shape index (κ1) is 20.0. The lowest BCUT2D eigenvalue weighted by atomic mass is 10.1. The van der Waals surface area contributed by atoms with Crippen LogP contribution in [-0.2, 0) is 13.2 Å². The van der Waals surface area contributed by atoms with Gasteiger partial charge in [0.2, 0.25) is 0 Å². The first-order valence-electron chi connectivity index (χ1n) is 9.18. The molecule has 0 saturated heterocycles. The van der Waals surface area contributed by atoms with Crippen LogP contribution in [0.4, 0.5) is 10.1 Å². The number of anilines is 1. The van der Waals surface area contributed by atoms with E-state index >= 15 is 0 Å². The Bertz CT molecular complexity index is 928. The fraction of sp³-hybridized carbons (Fsp3) is 0.217. The molecule has 3 aromatic rings. The van der Waals surface area contributed by atoms with E-state index in [4.69, 9.17) is 21.1 Å². The van der Waals surface area contributed by atoms with Gasteiger partial charge < -0.3 is 14.8 Å². The van der Waals surface area contributed by atoms with Crippen LogP contribution in [0.1, 0.15) is 23.6 Å². The van der Waals surface area contributed by atoms with E-state index in [9.17, 15) is 4.39 Å². The molecule has 3 nitrogen and oxygen atoms in total. The Kier molecular flexibility index (Phi) is 6.77. The van der Waals surface area contributed by atoms with Crippen LogP contribution < -0.4 is 14.8 Å². The number of halogens is 2. The Hall–Kier alpha value is -2.72. The molecule has 1 N–H and O–H groups in total. The van der Waals surface area contributed by atoms with E-state index in [1.807, 2.05) is 25.1 Å². The van der Waals surface area contributed by atoms with Gasteiger partial charge in [0.1, 0.15) is 12.4 Å². The van der Waals surface area contributed by atoms with Crippen molar-refractivity contribution in [1.29, 1.82) is 0 Å². The second-order valence-corrected chi connectivity index (χ2v) is 6.88. The summed E-state index contributed by atoms with van der Waals surface area (Å²) < 4.78 is 25.0. The largest absolute Gasteiger partial charge is 0.490 e. The molecule has 3 aromatic carbocycles. The Morgan fingerprint density at radius 2 is 1.64 bits per heavy atom. The fourth-order valence-corrected chi connectivity index (χ4v) is 2.89. The average molecular weight is 400 g/mol. The van der Waals surface area contributed by atoms with E-state index < -0.39 is 5.82 Å². The Morgan fingerprint density at radius 1 is 0.893 bits per heavy atom. The molecule has 146 valence electrons. The summed E-state index contributed by atoms with van der Waals surface area (Å²) in [5, 5.41) is 3.33. The lowest BCUT2D eigenvalue weighted by molar-refractivity contribution is 0.269. The number of rotatable bonds is 8. The van der Waals surface area contributed by atoms with Crippen molar-refractivity contribution in [3.63, 3.8) is 0 Å². The lowest BCUT2D eigenvalue weighted by Gasteiger charge is -2.14. The number of aryl methyl sites for hydroxylation is 1. The Labute approximate surface area is 170 Å². The zero-order valence-electron chi connectivity index (χ0n) is 16.0. The topological polar surface area (TPSA) is 30.5 Å². The highest BCUT2D eigenvalue weighted by Crippen LogP contribution is 2.30. The predicted octanol–water partition coefficient (Wildman–Crippen LogP) is 6.38. The molecule has 0 heterocycles. The molecule has 0 aromatic heterocycles. The van der Waals surface area contributed by atoms with Crippen molar-refractivity contribution in [1.82, 2.24) is 0 Å². The predicted molar refractivity (Wildman–Crippen MR) is 112 cm³/mol. The minimum atomic E-state index is -0.430. The quantitative estimate of drug-likeness (QED) is 0.477. The molecule has 0 atom stereocenters. The molecular weight excluding hydrogens is 377 g/mol. The monoisotopic (exact) mass is 399 g/mol. The number of ether oxygens (including phenoxy) is 2. The van der Waals surface area contributed by atoms with Gasteiger partial charge in [0.25, 0.3) is 0 Å². The second-order valence-electron chi connectivity index (χ2n) is 6.47. The first-order chi connectivity index (χ1) is 13.5. The molecule has 0 fully saturated rings. The van der Waals surface area contributed by atoms with E-state index in [1.54, 1.807) is 12.1 Å². The summed E-state index contributed by atoms with van der Waals surface area (Å²) in [4.78, 5) is 0. The smallest absolute Gasteiger partial charge is 0.161 e. The highest BCUT2D eigenvalue weighted by atomic mass is 35.5. The summed E-state index contributed by atoms with van der Waals surface area (Å²) in [5.41, 5.74) is 4.10. The Balaban J connectivity index is 1.67. The molecule has 0 bridgehead atoms. The van der Waals surface area contributed by atoms with Crippen molar-refractivity contribution >= 4 is 17.3 Å². The maximum absolute atomic E-state index is 13.3. The van der Waals surface area contributed by atoms with Crippen LogP contribution in [0.25, 0.3) is 0 Å². The number of benzene rings is 3. The first-order valence-corrected chi connectivity index (χ1v) is 9.56. The molecule has 0 aliphatic carbocycles. The molecule has 0 amide bonds. The Morgan fingerprint density at radius 3 is 2.36 bits per heavy atom. The van der Waals surface area contributed by atoms with Crippen molar-refractivity contribution in [3.8, 4) is 11.5 Å². The minimum Gasteiger partial charge on any atom is -0.490 e. The van der Waals surface area contributed by atoms with Gasteiger partial charge in [-0.25, -0.2) is 4.39 Å². The van der Waals surface area contributed by atoms with Crippen molar-refractivity contribution in [2.24, 2.45) is 0 Å². The molecule has 0 aliphatic rings. The van der Waals surface area contributed by atoms with Crippen LogP contribution in [0.15, 0.2) is 60.7 Å². The van der Waals surface area contributed by atoms with Gasteiger partial charge in [-0.2, -0.15) is 0 Å². The van der Waals surface area contributed by atoms with Gasteiger partial charge >= 0.3 is 0 Å². The summed E-state index contributed by atoms with van der Waals surface area (Å²) in [6.07, 6.45) is 0. The van der Waals surface area contributed by atoms with Crippen LogP contribution in [0.2, 0.25) is 5.02 Å². The van der Waals surface area contributed by atoms with E-state index in [0.717, 1.165) is 16.8 Å². The lowest BCUT2D eigenvalue weighted by Crippen LogP contribution is -2.03. The molecule has 0 saturated carbocycles.